The molecule has 1 aromatic carbocycles. The van der Waals surface area contributed by atoms with Crippen molar-refractivity contribution in [2.75, 3.05) is 26.8 Å². The minimum Gasteiger partial charge on any atom is -0.465 e. The number of benzene rings is 1. The molecule has 154 valence electrons. The molecule has 2 amide bonds. The van der Waals surface area contributed by atoms with Gasteiger partial charge < -0.3 is 14.4 Å². The summed E-state index contributed by atoms with van der Waals surface area (Å²) in [7, 11) is 1.43. The topological polar surface area (TPSA) is 85.4 Å². The lowest BCUT2D eigenvalue weighted by molar-refractivity contribution is -0.186. The number of ether oxygens (including phenoxy) is 2. The Labute approximate surface area is 168 Å². The number of esters is 1. The van der Waals surface area contributed by atoms with Crippen LogP contribution in [0.25, 0.3) is 0 Å². The summed E-state index contributed by atoms with van der Waals surface area (Å²) in [5, 5.41) is 1.27. The van der Waals surface area contributed by atoms with E-state index in [2.05, 4.69) is 0 Å². The molecule has 0 aliphatic carbocycles. The van der Waals surface area contributed by atoms with Crippen molar-refractivity contribution < 1.29 is 28.7 Å². The van der Waals surface area contributed by atoms with Crippen LogP contribution < -0.4 is 0 Å². The number of hydrogen-bond acceptors (Lipinski definition) is 6. The van der Waals surface area contributed by atoms with Crippen molar-refractivity contribution in [1.82, 2.24) is 9.96 Å². The average molecular weight is 400 g/mol. The highest BCUT2D eigenvalue weighted by molar-refractivity contribution is 5.94. The van der Waals surface area contributed by atoms with Gasteiger partial charge in [0, 0.05) is 0 Å². The van der Waals surface area contributed by atoms with E-state index in [-0.39, 0.29) is 38.1 Å². The number of rotatable bonds is 7. The number of carbonyl (C=O) groups is 3. The third kappa shape index (κ3) is 3.32. The van der Waals surface area contributed by atoms with Gasteiger partial charge in [0.1, 0.15) is 12.1 Å². The van der Waals surface area contributed by atoms with Crippen LogP contribution in [0.2, 0.25) is 0 Å². The molecule has 8 nitrogen and oxygen atoms in total. The lowest BCUT2D eigenvalue weighted by atomic mass is 9.76. The standard InChI is InChI=1S/C21H24N2O6/c1-3-28-16(24)12-22-13-21-10-9-15(29-21)17(18(21)20(22)26)19(25)23(27-2)11-14-7-5-4-6-8-14/h4-10,15,17-18H,3,11-13H2,1-2H3. The van der Waals surface area contributed by atoms with E-state index in [1.54, 1.807) is 6.92 Å². The summed E-state index contributed by atoms with van der Waals surface area (Å²) in [6, 6.07) is 9.48. The quantitative estimate of drug-likeness (QED) is 0.384. The number of amides is 2. The molecule has 3 heterocycles. The first-order valence-corrected chi connectivity index (χ1v) is 9.70. The SMILES string of the molecule is CCOC(=O)CN1CC23C=CC(O2)C(C(=O)N(Cc2ccccc2)OC)C3C1=O. The molecule has 1 aromatic rings. The first kappa shape index (κ1) is 19.6. The average Bonchev–Trinajstić information content (AvgIpc) is 3.35. The number of nitrogens with zero attached hydrogens (tertiary/aromatic N) is 2. The minimum atomic E-state index is -0.874. The van der Waals surface area contributed by atoms with E-state index >= 15 is 0 Å². The normalized spacial score (nSPS) is 29.2. The number of fused-ring (bicyclic) bond motifs is 1. The molecule has 0 radical (unpaired) electrons. The van der Waals surface area contributed by atoms with Gasteiger partial charge in [-0.1, -0.05) is 42.5 Å². The fourth-order valence-corrected chi connectivity index (χ4v) is 4.50. The van der Waals surface area contributed by atoms with Gasteiger partial charge in [-0.25, -0.2) is 5.06 Å². The first-order chi connectivity index (χ1) is 14.0. The lowest BCUT2D eigenvalue weighted by Gasteiger charge is -2.28. The first-order valence-electron chi connectivity index (χ1n) is 9.70. The van der Waals surface area contributed by atoms with Crippen molar-refractivity contribution >= 4 is 17.8 Å². The van der Waals surface area contributed by atoms with Crippen LogP contribution in [0.1, 0.15) is 12.5 Å². The number of likely N-dealkylation sites (tertiary alicyclic amines) is 1. The molecule has 4 atom stereocenters. The molecule has 3 aliphatic heterocycles. The molecule has 4 rings (SSSR count). The van der Waals surface area contributed by atoms with Crippen LogP contribution >= 0.6 is 0 Å². The Kier molecular flexibility index (Phi) is 5.14. The Morgan fingerprint density at radius 1 is 1.31 bits per heavy atom. The molecule has 2 bridgehead atoms. The van der Waals surface area contributed by atoms with Gasteiger partial charge in [0.05, 0.1) is 44.7 Å². The fourth-order valence-electron chi connectivity index (χ4n) is 4.50. The highest BCUT2D eigenvalue weighted by atomic mass is 16.7. The van der Waals surface area contributed by atoms with Crippen molar-refractivity contribution in [3.05, 3.63) is 48.0 Å². The second-order valence-corrected chi connectivity index (χ2v) is 7.44. The third-order valence-electron chi connectivity index (χ3n) is 5.72. The summed E-state index contributed by atoms with van der Waals surface area (Å²) in [6.45, 7) is 2.32. The zero-order valence-corrected chi connectivity index (χ0v) is 16.4. The summed E-state index contributed by atoms with van der Waals surface area (Å²) in [5.74, 6) is -2.40. The number of hydrogen-bond donors (Lipinski definition) is 0. The molecule has 29 heavy (non-hydrogen) atoms. The molecule has 8 heteroatoms. The number of hydroxylamine groups is 2. The van der Waals surface area contributed by atoms with Gasteiger partial charge in [-0.15, -0.1) is 0 Å². The molecule has 0 saturated carbocycles. The maximum absolute atomic E-state index is 13.3. The molecule has 1 spiro atoms. The van der Waals surface area contributed by atoms with Crippen molar-refractivity contribution in [2.24, 2.45) is 11.8 Å². The van der Waals surface area contributed by atoms with E-state index in [0.717, 1.165) is 5.56 Å². The lowest BCUT2D eigenvalue weighted by Crippen LogP contribution is -2.45. The molecule has 4 unspecified atom stereocenters. The fraction of sp³-hybridized carbons (Fsp3) is 0.476. The molecular formula is C21H24N2O6. The molecule has 2 fully saturated rings. The van der Waals surface area contributed by atoms with E-state index in [0.29, 0.717) is 0 Å². The second kappa shape index (κ2) is 7.61. The molecule has 3 aliphatic rings. The predicted octanol–water partition coefficient (Wildman–Crippen LogP) is 0.922. The van der Waals surface area contributed by atoms with Crippen LogP contribution in [0.5, 0.6) is 0 Å². The molecule has 2 saturated heterocycles. The molecular weight excluding hydrogens is 376 g/mol. The van der Waals surface area contributed by atoms with Crippen LogP contribution in [0.4, 0.5) is 0 Å². The van der Waals surface area contributed by atoms with Crippen LogP contribution in [0.15, 0.2) is 42.5 Å². The van der Waals surface area contributed by atoms with Crippen molar-refractivity contribution in [3.63, 3.8) is 0 Å². The zero-order valence-electron chi connectivity index (χ0n) is 16.4. The summed E-state index contributed by atoms with van der Waals surface area (Å²) >= 11 is 0. The van der Waals surface area contributed by atoms with E-state index in [1.807, 2.05) is 42.5 Å². The Morgan fingerprint density at radius 2 is 2.07 bits per heavy atom. The minimum absolute atomic E-state index is 0.147. The van der Waals surface area contributed by atoms with Crippen LogP contribution in [-0.2, 0) is 35.2 Å². The summed E-state index contributed by atoms with van der Waals surface area (Å²) < 4.78 is 11.0. The zero-order chi connectivity index (χ0) is 20.6. The maximum atomic E-state index is 13.3. The van der Waals surface area contributed by atoms with Gasteiger partial charge in [-0.05, 0) is 12.5 Å². The predicted molar refractivity (Wildman–Crippen MR) is 101 cm³/mol. The second-order valence-electron chi connectivity index (χ2n) is 7.44. The van der Waals surface area contributed by atoms with Crippen LogP contribution in [0, 0.1) is 11.8 Å². The largest absolute Gasteiger partial charge is 0.465 e. The Bertz CT molecular complexity index is 841. The van der Waals surface area contributed by atoms with Gasteiger partial charge in [0.2, 0.25) is 5.91 Å². The van der Waals surface area contributed by atoms with Gasteiger partial charge in [0.15, 0.2) is 0 Å². The Balaban J connectivity index is 1.54. The monoisotopic (exact) mass is 400 g/mol. The van der Waals surface area contributed by atoms with Gasteiger partial charge in [-0.3, -0.25) is 19.2 Å². The van der Waals surface area contributed by atoms with E-state index in [9.17, 15) is 14.4 Å². The van der Waals surface area contributed by atoms with Gasteiger partial charge in [0.25, 0.3) is 5.91 Å². The van der Waals surface area contributed by atoms with Gasteiger partial charge in [-0.2, -0.15) is 0 Å². The van der Waals surface area contributed by atoms with Gasteiger partial charge >= 0.3 is 5.97 Å². The summed E-state index contributed by atoms with van der Waals surface area (Å²) in [4.78, 5) is 45.0. The van der Waals surface area contributed by atoms with E-state index in [4.69, 9.17) is 14.3 Å². The molecule has 0 aromatic heterocycles. The Morgan fingerprint density at radius 3 is 2.76 bits per heavy atom. The summed E-state index contributed by atoms with van der Waals surface area (Å²) in [5.41, 5.74) is 0.0412. The summed E-state index contributed by atoms with van der Waals surface area (Å²) in [6.07, 6.45) is 3.20. The highest BCUT2D eigenvalue weighted by Crippen LogP contribution is 2.52. The van der Waals surface area contributed by atoms with Crippen molar-refractivity contribution in [1.29, 1.82) is 0 Å². The van der Waals surface area contributed by atoms with E-state index in [1.165, 1.54) is 17.1 Å². The van der Waals surface area contributed by atoms with Crippen LogP contribution in [-0.4, -0.2) is 66.3 Å². The Hall–Kier alpha value is -2.71. The third-order valence-corrected chi connectivity index (χ3v) is 5.72. The molecule has 0 N–H and O–H groups in total. The van der Waals surface area contributed by atoms with E-state index < -0.39 is 29.5 Å². The smallest absolute Gasteiger partial charge is 0.325 e. The van der Waals surface area contributed by atoms with Crippen molar-refractivity contribution in [3.8, 4) is 0 Å². The highest BCUT2D eigenvalue weighted by Gasteiger charge is 2.67. The van der Waals surface area contributed by atoms with Crippen LogP contribution in [0.3, 0.4) is 0 Å². The number of carbonyl (C=O) groups excluding carboxylic acids is 3. The maximum Gasteiger partial charge on any atom is 0.325 e. The van der Waals surface area contributed by atoms with Crippen molar-refractivity contribution in [2.45, 2.75) is 25.2 Å².